The molecule has 0 saturated carbocycles. The number of nitrogens with zero attached hydrogens (tertiary/aromatic N) is 2. The van der Waals surface area contributed by atoms with Crippen LogP contribution in [0.4, 0.5) is 0 Å². The lowest BCUT2D eigenvalue weighted by Crippen LogP contribution is -2.35. The molecule has 2 aromatic rings. The number of rotatable bonds is 6. The van der Waals surface area contributed by atoms with Gasteiger partial charge in [-0.15, -0.1) is 11.3 Å². The lowest BCUT2D eigenvalue weighted by atomic mass is 10.2. The molecule has 0 amide bonds. The van der Waals surface area contributed by atoms with E-state index < -0.39 is 10.8 Å². The maximum Gasteiger partial charge on any atom is 0.131 e. The summed E-state index contributed by atoms with van der Waals surface area (Å²) < 4.78 is 13.3. The van der Waals surface area contributed by atoms with Crippen LogP contribution in [0.2, 0.25) is 0 Å². The number of aromatic nitrogens is 2. The van der Waals surface area contributed by atoms with E-state index >= 15 is 0 Å². The highest BCUT2D eigenvalue weighted by atomic mass is 32.2. The molecule has 0 aliphatic rings. The Morgan fingerprint density at radius 1 is 1.58 bits per heavy atom. The second-order valence-electron chi connectivity index (χ2n) is 4.65. The van der Waals surface area contributed by atoms with Gasteiger partial charge < -0.3 is 4.57 Å². The second kappa shape index (κ2) is 6.45. The molecule has 0 aromatic carbocycles. The van der Waals surface area contributed by atoms with E-state index in [4.69, 9.17) is 0 Å². The fourth-order valence-corrected chi connectivity index (χ4v) is 3.66. The molecule has 4 nitrogen and oxygen atoms in total. The summed E-state index contributed by atoms with van der Waals surface area (Å²) in [6.45, 7) is 2.06. The fraction of sp³-hybridized carbons (Fsp3) is 0.462. The van der Waals surface area contributed by atoms with E-state index in [0.717, 1.165) is 5.82 Å². The van der Waals surface area contributed by atoms with Crippen molar-refractivity contribution >= 4 is 22.1 Å². The van der Waals surface area contributed by atoms with Crippen molar-refractivity contribution in [3.05, 3.63) is 40.6 Å². The smallest absolute Gasteiger partial charge is 0.131 e. The van der Waals surface area contributed by atoms with Crippen LogP contribution in [0.3, 0.4) is 0 Å². The topological polar surface area (TPSA) is 46.9 Å². The summed E-state index contributed by atoms with van der Waals surface area (Å²) in [6.07, 6.45) is 5.49. The van der Waals surface area contributed by atoms with E-state index in [1.54, 1.807) is 23.8 Å². The van der Waals surface area contributed by atoms with E-state index in [1.807, 2.05) is 23.9 Å². The predicted octanol–water partition coefficient (Wildman–Crippen LogP) is 1.93. The van der Waals surface area contributed by atoms with Crippen LogP contribution in [-0.4, -0.2) is 31.8 Å². The Bertz CT molecular complexity index is 536. The molecule has 0 spiro atoms. The van der Waals surface area contributed by atoms with Crippen LogP contribution in [0.1, 0.15) is 23.7 Å². The fourth-order valence-electron chi connectivity index (χ4n) is 2.08. The highest BCUT2D eigenvalue weighted by molar-refractivity contribution is 7.84. The third-order valence-electron chi connectivity index (χ3n) is 2.88. The monoisotopic (exact) mass is 297 g/mol. The molecule has 2 aromatic heterocycles. The first-order valence-corrected chi connectivity index (χ1v) is 8.75. The minimum atomic E-state index is -0.797. The standard InChI is InChI=1S/C13H19N3OS2/c1-10(9-19(3)17)15-12(11-5-4-8-18-11)13-14-6-7-16(13)2/h4-8,10,12,15H,9H2,1-3H3. The molecule has 0 bridgehead atoms. The molecule has 2 rings (SSSR count). The summed E-state index contributed by atoms with van der Waals surface area (Å²) in [5.74, 6) is 1.63. The molecular weight excluding hydrogens is 278 g/mol. The number of hydrogen-bond acceptors (Lipinski definition) is 4. The van der Waals surface area contributed by atoms with Crippen LogP contribution in [0.5, 0.6) is 0 Å². The lowest BCUT2D eigenvalue weighted by molar-refractivity contribution is 0.506. The number of nitrogens with one attached hydrogen (secondary N) is 1. The molecule has 3 unspecified atom stereocenters. The first-order valence-electron chi connectivity index (χ1n) is 6.14. The molecule has 19 heavy (non-hydrogen) atoms. The van der Waals surface area contributed by atoms with E-state index in [0.29, 0.717) is 5.75 Å². The minimum Gasteiger partial charge on any atom is -0.336 e. The van der Waals surface area contributed by atoms with Gasteiger partial charge in [-0.3, -0.25) is 9.53 Å². The third kappa shape index (κ3) is 3.75. The first-order chi connectivity index (χ1) is 9.08. The highest BCUT2D eigenvalue weighted by Crippen LogP contribution is 2.25. The number of hydrogen-bond donors (Lipinski definition) is 1. The van der Waals surface area contributed by atoms with E-state index in [1.165, 1.54) is 4.88 Å². The summed E-state index contributed by atoms with van der Waals surface area (Å²) >= 11 is 1.71. The van der Waals surface area contributed by atoms with Gasteiger partial charge in [-0.2, -0.15) is 0 Å². The summed E-state index contributed by atoms with van der Waals surface area (Å²) in [6, 6.07) is 4.38. The first kappa shape index (κ1) is 14.4. The van der Waals surface area contributed by atoms with Crippen molar-refractivity contribution in [3.8, 4) is 0 Å². The van der Waals surface area contributed by atoms with Crippen molar-refractivity contribution in [1.29, 1.82) is 0 Å². The quantitative estimate of drug-likeness (QED) is 0.886. The molecule has 104 valence electrons. The highest BCUT2D eigenvalue weighted by Gasteiger charge is 2.21. The second-order valence-corrected chi connectivity index (χ2v) is 7.11. The van der Waals surface area contributed by atoms with Gasteiger partial charge in [0, 0.05) is 53.2 Å². The van der Waals surface area contributed by atoms with Crippen LogP contribution in [0, 0.1) is 0 Å². The van der Waals surface area contributed by atoms with Crippen molar-refractivity contribution in [3.63, 3.8) is 0 Å². The number of imidazole rings is 1. The van der Waals surface area contributed by atoms with Gasteiger partial charge in [-0.25, -0.2) is 4.98 Å². The van der Waals surface area contributed by atoms with Crippen LogP contribution in [0.25, 0.3) is 0 Å². The Kier molecular flexibility index (Phi) is 4.90. The zero-order valence-electron chi connectivity index (χ0n) is 11.4. The molecule has 0 radical (unpaired) electrons. The largest absolute Gasteiger partial charge is 0.336 e. The molecule has 6 heteroatoms. The Hall–Kier alpha value is -0.980. The molecule has 0 aliphatic carbocycles. The van der Waals surface area contributed by atoms with Crippen molar-refractivity contribution in [2.24, 2.45) is 7.05 Å². The molecule has 0 aliphatic heterocycles. The zero-order chi connectivity index (χ0) is 13.8. The summed E-state index contributed by atoms with van der Waals surface area (Å²) in [5.41, 5.74) is 0. The van der Waals surface area contributed by atoms with Crippen molar-refractivity contribution < 1.29 is 4.21 Å². The zero-order valence-corrected chi connectivity index (χ0v) is 13.0. The van der Waals surface area contributed by atoms with Crippen LogP contribution in [0.15, 0.2) is 29.9 Å². The van der Waals surface area contributed by atoms with Gasteiger partial charge in [0.1, 0.15) is 11.9 Å². The molecular formula is C13H19N3OS2. The van der Waals surface area contributed by atoms with Crippen molar-refractivity contribution in [1.82, 2.24) is 14.9 Å². The summed E-state index contributed by atoms with van der Waals surface area (Å²) in [4.78, 5) is 5.66. The van der Waals surface area contributed by atoms with E-state index in [2.05, 4.69) is 28.7 Å². The van der Waals surface area contributed by atoms with Gasteiger partial charge in [-0.05, 0) is 18.4 Å². The Morgan fingerprint density at radius 2 is 2.37 bits per heavy atom. The van der Waals surface area contributed by atoms with Crippen LogP contribution < -0.4 is 5.32 Å². The van der Waals surface area contributed by atoms with Crippen LogP contribution in [-0.2, 0) is 17.8 Å². The van der Waals surface area contributed by atoms with Gasteiger partial charge in [0.2, 0.25) is 0 Å². The van der Waals surface area contributed by atoms with Gasteiger partial charge >= 0.3 is 0 Å². The van der Waals surface area contributed by atoms with Crippen molar-refractivity contribution in [2.75, 3.05) is 12.0 Å². The maximum atomic E-state index is 11.3. The molecule has 1 N–H and O–H groups in total. The molecule has 2 heterocycles. The lowest BCUT2D eigenvalue weighted by Gasteiger charge is -2.21. The SMILES string of the molecule is CC(CS(C)=O)NC(c1cccs1)c1nccn1C. The average Bonchev–Trinajstić information content (AvgIpc) is 2.96. The van der Waals surface area contributed by atoms with Crippen molar-refractivity contribution in [2.45, 2.75) is 19.0 Å². The normalized spacial score (nSPS) is 16.2. The van der Waals surface area contributed by atoms with Gasteiger partial charge in [-0.1, -0.05) is 6.07 Å². The molecule has 3 atom stereocenters. The van der Waals surface area contributed by atoms with Gasteiger partial charge in [0.05, 0.1) is 0 Å². The Morgan fingerprint density at radius 3 is 2.89 bits per heavy atom. The van der Waals surface area contributed by atoms with Crippen LogP contribution >= 0.6 is 11.3 Å². The third-order valence-corrected chi connectivity index (χ3v) is 4.79. The molecule has 0 fully saturated rings. The predicted molar refractivity (Wildman–Crippen MR) is 80.9 cm³/mol. The number of aryl methyl sites for hydroxylation is 1. The summed E-state index contributed by atoms with van der Waals surface area (Å²) in [5, 5.41) is 5.59. The van der Waals surface area contributed by atoms with Gasteiger partial charge in [0.15, 0.2) is 0 Å². The Labute approximate surface area is 120 Å². The Balaban J connectivity index is 2.21. The van der Waals surface area contributed by atoms with Gasteiger partial charge in [0.25, 0.3) is 0 Å². The number of thiophene rings is 1. The average molecular weight is 297 g/mol. The maximum absolute atomic E-state index is 11.3. The van der Waals surface area contributed by atoms with E-state index in [9.17, 15) is 4.21 Å². The molecule has 0 saturated heterocycles. The minimum absolute atomic E-state index is 0.0542. The summed E-state index contributed by atoms with van der Waals surface area (Å²) in [7, 11) is 1.20. The van der Waals surface area contributed by atoms with E-state index in [-0.39, 0.29) is 12.1 Å².